The van der Waals surface area contributed by atoms with Gasteiger partial charge in [-0.05, 0) is 203 Å². The van der Waals surface area contributed by atoms with Crippen LogP contribution in [0.4, 0.5) is 0 Å². The minimum Gasteiger partial charge on any atom is -0.497 e. The largest absolute Gasteiger partial charge is 0.497 e. The molecule has 8 N–H and O–H groups in total. The van der Waals surface area contributed by atoms with E-state index >= 15 is 0 Å². The van der Waals surface area contributed by atoms with E-state index in [9.17, 15) is 14.4 Å². The zero-order valence-corrected chi connectivity index (χ0v) is 73.3. The van der Waals surface area contributed by atoms with Crippen LogP contribution >= 0.6 is 0 Å². The number of hydrogen-bond donors (Lipinski definition) is 6. The summed E-state index contributed by atoms with van der Waals surface area (Å²) in [5.41, 5.74) is 22.1. The minimum absolute atomic E-state index is 0.242. The number of amides is 3. The fraction of sp³-hybridized carbons (Fsp3) is 0.226. The molecule has 0 aliphatic heterocycles. The lowest BCUT2D eigenvalue weighted by atomic mass is 9.99. The molecule has 5 heterocycles. The smallest absolute Gasteiger partial charge is 0.270 e. The highest BCUT2D eigenvalue weighted by Crippen LogP contribution is 2.31. The summed E-state index contributed by atoms with van der Waals surface area (Å²) in [6.07, 6.45) is 9.90. The molecule has 128 heavy (non-hydrogen) atoms. The Hall–Kier alpha value is -14.7. The van der Waals surface area contributed by atoms with Crippen LogP contribution in [0.3, 0.4) is 0 Å². The molecule has 0 radical (unpaired) electrons. The van der Waals surface area contributed by atoms with Gasteiger partial charge < -0.3 is 60.3 Å². The number of nitrogens with two attached hydrogens (primary N) is 2. The fourth-order valence-electron chi connectivity index (χ4n) is 15.9. The molecule has 0 spiro atoms. The lowest BCUT2D eigenvalue weighted by Crippen LogP contribution is -2.50. The second-order valence-corrected chi connectivity index (χ2v) is 33.5. The van der Waals surface area contributed by atoms with E-state index in [1.165, 1.54) is 38.2 Å². The zero-order valence-electron chi connectivity index (χ0n) is 73.3. The molecule has 3 amide bonds. The van der Waals surface area contributed by atoms with Gasteiger partial charge >= 0.3 is 0 Å². The fourth-order valence-corrected chi connectivity index (χ4v) is 15.9. The van der Waals surface area contributed by atoms with Crippen molar-refractivity contribution in [3.05, 3.63) is 406 Å². The summed E-state index contributed by atoms with van der Waals surface area (Å²) < 4.78 is 22.6. The molecular formula is C106H108N16O6. The Bertz CT molecular complexity index is 6560. The van der Waals surface area contributed by atoms with Crippen molar-refractivity contribution >= 4 is 60.9 Å². The molecule has 17 rings (SSSR count). The number of aromatic nitrogens is 11. The van der Waals surface area contributed by atoms with E-state index in [0.717, 1.165) is 109 Å². The SMILES string of the molecule is COc1ccc(Cn2c(CCc3c[nH]c4ccccc34)nnc2[C@@H](Cc2ccc3ccccc3c2)NC(=O)C(C)(C)N)cc1.COc1ccc(Cn2c(CCc3ccccc3)nnc2[C@@H](Cc2ccc3ccccc3c2)NC(=O)C(C)(C)N)cc1.COc1ccc(Cn2c(CCc3ccccc3)nnc2[C@@H](Cc2ccc3ccccc3c2)NC(=O)c2ccccn2)cc1. The van der Waals surface area contributed by atoms with Gasteiger partial charge in [0, 0.05) is 42.6 Å². The second-order valence-electron chi connectivity index (χ2n) is 33.5. The van der Waals surface area contributed by atoms with Crippen LogP contribution in [-0.2, 0) is 87.0 Å². The molecule has 22 heteroatoms. The van der Waals surface area contributed by atoms with E-state index in [-0.39, 0.29) is 17.7 Å². The van der Waals surface area contributed by atoms with Gasteiger partial charge in [0.15, 0.2) is 17.5 Å². The van der Waals surface area contributed by atoms with Gasteiger partial charge in [-0.15, -0.1) is 30.6 Å². The molecule has 0 unspecified atom stereocenters. The van der Waals surface area contributed by atoms with Gasteiger partial charge in [0.05, 0.1) is 70.2 Å². The second kappa shape index (κ2) is 41.4. The van der Waals surface area contributed by atoms with Crippen LogP contribution in [0.15, 0.2) is 316 Å². The van der Waals surface area contributed by atoms with Crippen LogP contribution in [0.5, 0.6) is 17.2 Å². The Morgan fingerprint density at radius 1 is 0.352 bits per heavy atom. The number of rotatable bonds is 33. The number of aromatic amines is 1. The number of carbonyl (C=O) groups excluding carboxylic acids is 3. The van der Waals surface area contributed by atoms with Crippen molar-refractivity contribution in [2.75, 3.05) is 21.3 Å². The van der Waals surface area contributed by atoms with Gasteiger partial charge in [-0.25, -0.2) is 0 Å². The van der Waals surface area contributed by atoms with Gasteiger partial charge in [0.25, 0.3) is 5.91 Å². The van der Waals surface area contributed by atoms with E-state index in [1.807, 2.05) is 146 Å². The number of H-pyrrole nitrogens is 1. The molecule has 0 bridgehead atoms. The van der Waals surface area contributed by atoms with Crippen molar-refractivity contribution in [3.63, 3.8) is 0 Å². The van der Waals surface area contributed by atoms with E-state index < -0.39 is 29.2 Å². The van der Waals surface area contributed by atoms with E-state index in [0.29, 0.717) is 81.3 Å². The molecule has 648 valence electrons. The summed E-state index contributed by atoms with van der Waals surface area (Å²) in [6.45, 7) is 8.52. The first-order valence-electron chi connectivity index (χ1n) is 43.4. The lowest BCUT2D eigenvalue weighted by Gasteiger charge is -2.25. The highest BCUT2D eigenvalue weighted by Gasteiger charge is 2.33. The number of aryl methyl sites for hydroxylation is 6. The molecule has 3 atom stereocenters. The topological polar surface area (TPSA) is 288 Å². The van der Waals surface area contributed by atoms with Crippen LogP contribution in [-0.4, -0.2) is 104 Å². The third-order valence-corrected chi connectivity index (χ3v) is 23.0. The average molecular weight is 1700 g/mol. The highest BCUT2D eigenvalue weighted by molar-refractivity contribution is 5.93. The number of benzene rings is 12. The van der Waals surface area contributed by atoms with E-state index in [1.54, 1.807) is 67.4 Å². The number of para-hydroxylation sites is 1. The molecular weight excluding hydrogens is 1590 g/mol. The van der Waals surface area contributed by atoms with Crippen molar-refractivity contribution in [1.82, 2.24) is 70.2 Å². The van der Waals surface area contributed by atoms with Gasteiger partial charge in [0.2, 0.25) is 11.8 Å². The van der Waals surface area contributed by atoms with Gasteiger partial charge in [0.1, 0.15) is 40.4 Å². The molecule has 5 aromatic heterocycles. The summed E-state index contributed by atoms with van der Waals surface area (Å²) in [5, 5.41) is 46.0. The monoisotopic (exact) mass is 1700 g/mol. The van der Waals surface area contributed by atoms with Crippen molar-refractivity contribution in [3.8, 4) is 17.2 Å². The first kappa shape index (κ1) is 88.1. The lowest BCUT2D eigenvalue weighted by molar-refractivity contribution is -0.126. The van der Waals surface area contributed by atoms with Crippen LogP contribution in [0.1, 0.15) is 141 Å². The first-order chi connectivity index (χ1) is 62.2. The number of fused-ring (bicyclic) bond motifs is 4. The Morgan fingerprint density at radius 3 is 1.05 bits per heavy atom. The molecule has 12 aromatic carbocycles. The first-order valence-corrected chi connectivity index (χ1v) is 43.4. The quantitative estimate of drug-likeness (QED) is 0.0223. The number of nitrogens with one attached hydrogen (secondary N) is 4. The number of ether oxygens (including phenoxy) is 3. The number of pyridine rings is 1. The molecule has 17 aromatic rings. The average Bonchev–Trinajstić information content (AvgIpc) is 1.68. The normalized spacial score (nSPS) is 12.2. The summed E-state index contributed by atoms with van der Waals surface area (Å²) >= 11 is 0. The maximum absolute atomic E-state index is 13.4. The van der Waals surface area contributed by atoms with E-state index in [4.69, 9.17) is 41.0 Å². The molecule has 0 aliphatic carbocycles. The Morgan fingerprint density at radius 2 is 0.688 bits per heavy atom. The molecule has 22 nitrogen and oxygen atoms in total. The van der Waals surface area contributed by atoms with Crippen molar-refractivity contribution in [2.24, 2.45) is 11.5 Å². The van der Waals surface area contributed by atoms with Gasteiger partial charge in [-0.3, -0.25) is 19.4 Å². The maximum Gasteiger partial charge on any atom is 0.270 e. The number of methoxy groups -OCH3 is 3. The van der Waals surface area contributed by atoms with Crippen LogP contribution in [0.25, 0.3) is 43.2 Å². The Kier molecular flexibility index (Phi) is 28.5. The molecule has 0 fully saturated rings. The predicted molar refractivity (Wildman–Crippen MR) is 505 cm³/mol. The Balaban J connectivity index is 0.000000148. The third kappa shape index (κ3) is 22.9. The third-order valence-electron chi connectivity index (χ3n) is 23.0. The number of nitrogens with zero attached hydrogens (tertiary/aromatic N) is 10. The summed E-state index contributed by atoms with van der Waals surface area (Å²) in [5.74, 6) is 6.34. The van der Waals surface area contributed by atoms with Crippen molar-refractivity contribution in [2.45, 2.75) is 134 Å². The molecule has 0 aliphatic rings. The molecule has 0 saturated heterocycles. The zero-order chi connectivity index (χ0) is 88.9. The van der Waals surface area contributed by atoms with E-state index in [2.05, 4.69) is 207 Å². The predicted octanol–water partition coefficient (Wildman–Crippen LogP) is 17.7. The Labute approximate surface area is 746 Å². The number of hydrogen-bond acceptors (Lipinski definition) is 15. The highest BCUT2D eigenvalue weighted by atomic mass is 16.5. The number of carbonyl (C=O) groups is 3. The van der Waals surface area contributed by atoms with Gasteiger partial charge in [-0.1, -0.05) is 249 Å². The summed E-state index contributed by atoms with van der Waals surface area (Å²) in [7, 11) is 4.98. The molecule has 0 saturated carbocycles. The summed E-state index contributed by atoms with van der Waals surface area (Å²) in [6, 6.07) is 101. The van der Waals surface area contributed by atoms with Crippen molar-refractivity contribution in [1.29, 1.82) is 0 Å². The summed E-state index contributed by atoms with van der Waals surface area (Å²) in [4.78, 5) is 47.6. The van der Waals surface area contributed by atoms with Gasteiger partial charge in [-0.2, -0.15) is 0 Å². The standard InChI is InChI=1S/C36H38N6O2.C36H33N5O2.C34H37N5O2/c1-36(2,37)35(43)39-32(21-25-12-15-26-8-4-5-9-27(26)20-25)34-41-40-33(42(34)23-24-13-17-29(44-3)18-14-24)19-16-28-22-38-31-11-7-6-10-30(28)31;1-43-31-19-15-27(16-20-31)25-41-34(21-17-26-9-3-2-4-10-26)39-40-35(41)33(38-36(42)32-13-7-8-22-37-32)24-28-14-18-29-11-5-6-12-30(29)23-28;1-34(2,35)33(40)36-30(22-26-13-17-27-11-7-8-12-28(27)21-26)32-38-37-31(20-16-24-9-5-4-6-10-24)39(32)23-25-14-18-29(41-3)19-15-25/h4-15,17-18,20,22,32,38H,16,19,21,23,37H2,1-3H3,(H,39,43);2-16,18-20,22-23,33H,17,21,24-25H2,1H3,(H,38,42);4-15,17-19,21,30H,16,20,22-23,35H2,1-3H3,(H,36,40)/t32-;33-;30-/m111/s1. The van der Waals surface area contributed by atoms with Crippen LogP contribution < -0.4 is 41.6 Å². The van der Waals surface area contributed by atoms with Crippen LogP contribution in [0.2, 0.25) is 0 Å². The van der Waals surface area contributed by atoms with Crippen molar-refractivity contribution < 1.29 is 28.6 Å². The minimum atomic E-state index is -1.05. The maximum atomic E-state index is 13.4. The van der Waals surface area contributed by atoms with Crippen LogP contribution in [0, 0.1) is 0 Å².